The number of hydrogen-bond acceptors (Lipinski definition) is 4. The lowest BCUT2D eigenvalue weighted by Gasteiger charge is -2.37. The van der Waals surface area contributed by atoms with Gasteiger partial charge in [-0.15, -0.1) is 11.3 Å². The average Bonchev–Trinajstić information content (AvgIpc) is 3.39. The van der Waals surface area contributed by atoms with Crippen LogP contribution >= 0.6 is 11.3 Å². The fourth-order valence-electron chi connectivity index (χ4n) is 3.89. The van der Waals surface area contributed by atoms with Crippen molar-refractivity contribution in [3.05, 3.63) is 58.3 Å². The second kappa shape index (κ2) is 7.89. The van der Waals surface area contributed by atoms with Crippen molar-refractivity contribution in [1.82, 2.24) is 4.98 Å². The molecule has 0 radical (unpaired) electrons. The summed E-state index contributed by atoms with van der Waals surface area (Å²) >= 11 is 1.38. The second-order valence-corrected chi connectivity index (χ2v) is 15.2. The third-order valence-electron chi connectivity index (χ3n) is 6.58. The third kappa shape index (κ3) is 3.81. The molecule has 3 aromatic rings. The summed E-state index contributed by atoms with van der Waals surface area (Å²) in [5.74, 6) is 0.0701. The highest BCUT2D eigenvalue weighted by molar-refractivity contribution is 7.13. The minimum Gasteiger partial charge on any atom is -0.543 e. The van der Waals surface area contributed by atoms with E-state index in [9.17, 15) is 5.26 Å². The van der Waals surface area contributed by atoms with E-state index in [1.165, 1.54) is 22.5 Å². The van der Waals surface area contributed by atoms with Gasteiger partial charge in [-0.1, -0.05) is 39.0 Å². The molecule has 0 spiro atoms. The van der Waals surface area contributed by atoms with Crippen LogP contribution in [-0.4, -0.2) is 13.3 Å². The maximum absolute atomic E-state index is 15.7. The van der Waals surface area contributed by atoms with Gasteiger partial charge in [-0.25, -0.2) is 9.37 Å². The number of aryl methyl sites for hydroxylation is 1. The number of fused-ring (bicyclic) bond motifs is 1. The van der Waals surface area contributed by atoms with Crippen molar-refractivity contribution in [2.75, 3.05) is 0 Å². The zero-order valence-corrected chi connectivity index (χ0v) is 20.5. The van der Waals surface area contributed by atoms with Crippen molar-refractivity contribution in [3.8, 4) is 33.5 Å². The molecule has 160 valence electrons. The van der Waals surface area contributed by atoms with E-state index in [-0.39, 0.29) is 10.6 Å². The molecule has 0 atom stereocenters. The van der Waals surface area contributed by atoms with Gasteiger partial charge in [-0.3, -0.25) is 0 Å². The maximum atomic E-state index is 15.7. The molecule has 0 unspecified atom stereocenters. The molecule has 31 heavy (non-hydrogen) atoms. The summed E-state index contributed by atoms with van der Waals surface area (Å²) in [4.78, 5) is 4.41. The highest BCUT2D eigenvalue weighted by Gasteiger charge is 2.40. The lowest BCUT2D eigenvalue weighted by molar-refractivity contribution is 0.492. The fourth-order valence-corrected chi connectivity index (χ4v) is 5.59. The number of thiazole rings is 1. The van der Waals surface area contributed by atoms with E-state index in [4.69, 9.17) is 4.43 Å². The first-order valence-electron chi connectivity index (χ1n) is 10.6. The Morgan fingerprint density at radius 1 is 1.19 bits per heavy atom. The minimum absolute atomic E-state index is 0.00441. The quantitative estimate of drug-likeness (QED) is 0.390. The molecule has 2 aromatic carbocycles. The Hall–Kier alpha value is -2.49. The van der Waals surface area contributed by atoms with Crippen LogP contribution in [0.4, 0.5) is 4.39 Å². The summed E-state index contributed by atoms with van der Waals surface area (Å²) < 4.78 is 22.4. The molecular weight excluding hydrogens is 423 g/mol. The van der Waals surface area contributed by atoms with Crippen molar-refractivity contribution in [1.29, 1.82) is 5.26 Å². The van der Waals surface area contributed by atoms with E-state index >= 15 is 4.39 Å². The molecule has 1 heterocycles. The molecule has 0 fully saturated rings. The van der Waals surface area contributed by atoms with Gasteiger partial charge in [0.1, 0.15) is 16.8 Å². The van der Waals surface area contributed by atoms with Gasteiger partial charge in [0.2, 0.25) is 0 Å². The predicted octanol–water partition coefficient (Wildman–Crippen LogP) is 7.36. The van der Waals surface area contributed by atoms with Gasteiger partial charge in [0, 0.05) is 23.2 Å². The Morgan fingerprint density at radius 2 is 1.97 bits per heavy atom. The first-order chi connectivity index (χ1) is 14.6. The van der Waals surface area contributed by atoms with Crippen molar-refractivity contribution in [3.63, 3.8) is 0 Å². The third-order valence-corrected chi connectivity index (χ3v) is 11.7. The lowest BCUT2D eigenvalue weighted by Crippen LogP contribution is -2.44. The Labute approximate surface area is 188 Å². The van der Waals surface area contributed by atoms with E-state index in [2.05, 4.69) is 51.0 Å². The molecule has 1 aromatic heterocycles. The number of halogens is 1. The summed E-state index contributed by atoms with van der Waals surface area (Å²) in [6, 6.07) is 9.88. The molecule has 0 amide bonds. The SMILES string of the molecule is CC(C)(C)[Si](C)(C)Oc1cc(C#N)c(F)c(-c2nccs2)c1-c1cccc2c1CCC2. The highest BCUT2D eigenvalue weighted by atomic mass is 32.1. The van der Waals surface area contributed by atoms with E-state index < -0.39 is 14.1 Å². The molecule has 4 rings (SSSR count). The molecular formula is C25H27FN2OSSi. The summed E-state index contributed by atoms with van der Waals surface area (Å²) in [5.41, 5.74) is 4.67. The molecule has 0 N–H and O–H groups in total. The Bertz CT molecular complexity index is 1170. The highest BCUT2D eigenvalue weighted by Crippen LogP contribution is 2.48. The van der Waals surface area contributed by atoms with Gasteiger partial charge in [-0.05, 0) is 54.1 Å². The first-order valence-corrected chi connectivity index (χ1v) is 14.4. The fraction of sp³-hybridized carbons (Fsp3) is 0.360. The number of hydrogen-bond donors (Lipinski definition) is 0. The van der Waals surface area contributed by atoms with Crippen LogP contribution < -0.4 is 4.43 Å². The maximum Gasteiger partial charge on any atom is 0.250 e. The smallest absolute Gasteiger partial charge is 0.250 e. The van der Waals surface area contributed by atoms with Gasteiger partial charge < -0.3 is 4.43 Å². The number of nitrogens with zero attached hydrogens (tertiary/aromatic N) is 2. The average molecular weight is 451 g/mol. The molecule has 0 aliphatic heterocycles. The van der Waals surface area contributed by atoms with Crippen LogP contribution in [0.2, 0.25) is 18.1 Å². The summed E-state index contributed by atoms with van der Waals surface area (Å²) in [7, 11) is -2.25. The summed E-state index contributed by atoms with van der Waals surface area (Å²) in [6.07, 6.45) is 4.76. The topological polar surface area (TPSA) is 45.9 Å². The standard InChI is InChI=1S/C25H27FN2OSSi/c1-25(2,3)31(4,5)29-20-14-17(15-27)23(26)22(24-28-12-13-30-24)21(20)19-11-7-9-16-8-6-10-18(16)19/h7,9,11-14H,6,8,10H2,1-5H3. The van der Waals surface area contributed by atoms with Crippen LogP contribution in [0.5, 0.6) is 5.75 Å². The molecule has 0 bridgehead atoms. The largest absolute Gasteiger partial charge is 0.543 e. The van der Waals surface area contributed by atoms with Crippen molar-refractivity contribution >= 4 is 19.7 Å². The normalized spacial score (nSPS) is 13.7. The minimum atomic E-state index is -2.25. The molecule has 1 aliphatic carbocycles. The number of aromatic nitrogens is 1. The molecule has 0 saturated heterocycles. The number of benzene rings is 2. The van der Waals surface area contributed by atoms with Crippen LogP contribution in [0.15, 0.2) is 35.8 Å². The van der Waals surface area contributed by atoms with Crippen LogP contribution in [-0.2, 0) is 12.8 Å². The van der Waals surface area contributed by atoms with Crippen LogP contribution in [0.3, 0.4) is 0 Å². The Morgan fingerprint density at radius 3 is 2.61 bits per heavy atom. The second-order valence-electron chi connectivity index (χ2n) is 9.59. The van der Waals surface area contributed by atoms with E-state index in [1.54, 1.807) is 12.3 Å². The Kier molecular flexibility index (Phi) is 5.53. The van der Waals surface area contributed by atoms with Crippen LogP contribution in [0.25, 0.3) is 21.7 Å². The molecule has 6 heteroatoms. The lowest BCUT2D eigenvalue weighted by atomic mass is 9.91. The molecule has 0 saturated carbocycles. The predicted molar refractivity (Wildman–Crippen MR) is 128 cm³/mol. The monoisotopic (exact) mass is 450 g/mol. The first kappa shape index (κ1) is 21.7. The summed E-state index contributed by atoms with van der Waals surface area (Å²) in [6.45, 7) is 10.9. The van der Waals surface area contributed by atoms with E-state index in [0.29, 0.717) is 16.3 Å². The number of rotatable bonds is 4. The van der Waals surface area contributed by atoms with Gasteiger partial charge >= 0.3 is 0 Å². The van der Waals surface area contributed by atoms with E-state index in [1.807, 2.05) is 17.5 Å². The summed E-state index contributed by atoms with van der Waals surface area (Å²) in [5, 5.41) is 12.1. The van der Waals surface area contributed by atoms with Crippen molar-refractivity contribution in [2.24, 2.45) is 0 Å². The van der Waals surface area contributed by atoms with Crippen molar-refractivity contribution < 1.29 is 8.82 Å². The zero-order chi connectivity index (χ0) is 22.4. The van der Waals surface area contributed by atoms with Gasteiger partial charge in [0.05, 0.1) is 11.1 Å². The van der Waals surface area contributed by atoms with Gasteiger partial charge in [0.25, 0.3) is 8.32 Å². The van der Waals surface area contributed by atoms with Gasteiger partial charge in [0.15, 0.2) is 5.82 Å². The van der Waals surface area contributed by atoms with E-state index in [0.717, 1.165) is 30.4 Å². The molecule has 3 nitrogen and oxygen atoms in total. The van der Waals surface area contributed by atoms with Crippen molar-refractivity contribution in [2.45, 2.75) is 58.2 Å². The Balaban J connectivity index is 2.07. The van der Waals surface area contributed by atoms with Crippen LogP contribution in [0, 0.1) is 17.1 Å². The number of nitriles is 1. The molecule has 1 aliphatic rings. The zero-order valence-electron chi connectivity index (χ0n) is 18.7. The van der Waals surface area contributed by atoms with Crippen LogP contribution in [0.1, 0.15) is 43.9 Å². The van der Waals surface area contributed by atoms with Gasteiger partial charge in [-0.2, -0.15) is 5.26 Å².